The molecular weight excluding hydrogens is 326 g/mol. The molecular formula is C19H20ClNO3. The van der Waals surface area contributed by atoms with Gasteiger partial charge in [0.1, 0.15) is 5.75 Å². The Balaban J connectivity index is 1.64. The van der Waals surface area contributed by atoms with E-state index in [2.05, 4.69) is 5.32 Å². The summed E-state index contributed by atoms with van der Waals surface area (Å²) >= 11 is 5.84. The van der Waals surface area contributed by atoms with Crippen LogP contribution in [0.4, 0.5) is 0 Å². The lowest BCUT2D eigenvalue weighted by molar-refractivity contribution is -0.123. The number of fused-ring (bicyclic) bond motifs is 1. The summed E-state index contributed by atoms with van der Waals surface area (Å²) < 4.78 is 5.38. The van der Waals surface area contributed by atoms with Gasteiger partial charge in [-0.3, -0.25) is 4.79 Å². The van der Waals surface area contributed by atoms with Crippen LogP contribution in [0.1, 0.15) is 41.7 Å². The second kappa shape index (κ2) is 7.24. The highest BCUT2D eigenvalue weighted by atomic mass is 35.5. The fourth-order valence-corrected chi connectivity index (χ4v) is 3.32. The highest BCUT2D eigenvalue weighted by molar-refractivity contribution is 6.30. The fourth-order valence-electron chi connectivity index (χ4n) is 3.19. The van der Waals surface area contributed by atoms with Crippen molar-refractivity contribution in [2.75, 3.05) is 7.11 Å². The maximum Gasteiger partial charge on any atom is 0.223 e. The summed E-state index contributed by atoms with van der Waals surface area (Å²) in [5, 5.41) is 13.8. The first-order chi connectivity index (χ1) is 11.6. The number of methoxy groups -OCH3 is 1. The first kappa shape index (κ1) is 16.8. The lowest BCUT2D eigenvalue weighted by Gasteiger charge is -2.17. The van der Waals surface area contributed by atoms with Crippen molar-refractivity contribution in [3.8, 4) is 5.75 Å². The van der Waals surface area contributed by atoms with Gasteiger partial charge in [0.15, 0.2) is 0 Å². The van der Waals surface area contributed by atoms with Gasteiger partial charge >= 0.3 is 0 Å². The van der Waals surface area contributed by atoms with Crippen molar-refractivity contribution in [2.45, 2.75) is 31.4 Å². The molecule has 126 valence electrons. The summed E-state index contributed by atoms with van der Waals surface area (Å²) in [4.78, 5) is 12.3. The van der Waals surface area contributed by atoms with Crippen molar-refractivity contribution in [2.24, 2.45) is 0 Å². The molecule has 0 saturated heterocycles. The topological polar surface area (TPSA) is 58.6 Å². The van der Waals surface area contributed by atoms with E-state index in [1.807, 2.05) is 18.2 Å². The molecule has 0 spiro atoms. The third kappa shape index (κ3) is 3.55. The molecule has 2 aromatic rings. The molecule has 5 heteroatoms. The molecule has 0 aliphatic heterocycles. The quantitative estimate of drug-likeness (QED) is 0.870. The van der Waals surface area contributed by atoms with Crippen LogP contribution in [0.3, 0.4) is 0 Å². The Morgan fingerprint density at radius 1 is 1.33 bits per heavy atom. The lowest BCUT2D eigenvalue weighted by atomic mass is 10.0. The van der Waals surface area contributed by atoms with E-state index in [9.17, 15) is 9.90 Å². The molecule has 0 aromatic heterocycles. The van der Waals surface area contributed by atoms with Gasteiger partial charge in [-0.1, -0.05) is 35.9 Å². The third-order valence-corrected chi connectivity index (χ3v) is 4.67. The summed E-state index contributed by atoms with van der Waals surface area (Å²) in [5.41, 5.74) is 2.94. The number of amides is 1. The Labute approximate surface area is 146 Å². The molecule has 0 fully saturated rings. The van der Waals surface area contributed by atoms with Crippen LogP contribution >= 0.6 is 11.6 Å². The van der Waals surface area contributed by atoms with Crippen LogP contribution in [0, 0.1) is 0 Å². The number of nitrogens with one attached hydrogen (secondary N) is 1. The summed E-state index contributed by atoms with van der Waals surface area (Å²) in [6.07, 6.45) is 0.911. The Morgan fingerprint density at radius 2 is 2.08 bits per heavy atom. The zero-order chi connectivity index (χ0) is 17.1. The number of hydrogen-bond acceptors (Lipinski definition) is 3. The maximum absolute atomic E-state index is 12.3. The number of halogens is 1. The first-order valence-electron chi connectivity index (χ1n) is 7.97. The smallest absolute Gasteiger partial charge is 0.223 e. The number of aliphatic hydroxyl groups excluding tert-OH is 1. The minimum Gasteiger partial charge on any atom is -0.496 e. The average molecular weight is 346 g/mol. The molecule has 0 bridgehead atoms. The van der Waals surface area contributed by atoms with Gasteiger partial charge in [-0.15, -0.1) is 0 Å². The van der Waals surface area contributed by atoms with Crippen LogP contribution in [0.2, 0.25) is 5.02 Å². The van der Waals surface area contributed by atoms with Gasteiger partial charge in [0.05, 0.1) is 25.7 Å². The number of hydrogen-bond donors (Lipinski definition) is 2. The van der Waals surface area contributed by atoms with Crippen LogP contribution in [-0.4, -0.2) is 18.1 Å². The second-order valence-electron chi connectivity index (χ2n) is 5.96. The van der Waals surface area contributed by atoms with Gasteiger partial charge in [-0.2, -0.15) is 0 Å². The monoisotopic (exact) mass is 345 g/mol. The molecule has 2 atom stereocenters. The predicted molar refractivity (Wildman–Crippen MR) is 93.2 cm³/mol. The molecule has 4 nitrogen and oxygen atoms in total. The van der Waals surface area contributed by atoms with Gasteiger partial charge in [0.2, 0.25) is 5.91 Å². The highest BCUT2D eigenvalue weighted by Gasteiger charge is 2.27. The molecule has 0 heterocycles. The molecule has 0 radical (unpaired) electrons. The molecule has 1 amide bonds. The van der Waals surface area contributed by atoms with Crippen LogP contribution in [-0.2, 0) is 11.2 Å². The number of carbonyl (C=O) groups is 1. The molecule has 3 rings (SSSR count). The third-order valence-electron chi connectivity index (χ3n) is 4.42. The van der Waals surface area contributed by atoms with Gasteiger partial charge < -0.3 is 15.2 Å². The zero-order valence-electron chi connectivity index (χ0n) is 13.5. The molecule has 2 N–H and O–H groups in total. The van der Waals surface area contributed by atoms with Crippen LogP contribution in [0.15, 0.2) is 42.5 Å². The Hall–Kier alpha value is -2.04. The van der Waals surface area contributed by atoms with Crippen molar-refractivity contribution in [3.63, 3.8) is 0 Å². The van der Waals surface area contributed by atoms with Crippen LogP contribution in [0.5, 0.6) is 5.75 Å². The Morgan fingerprint density at radius 3 is 2.79 bits per heavy atom. The normalized spacial score (nSPS) is 17.2. The van der Waals surface area contributed by atoms with E-state index < -0.39 is 6.10 Å². The Bertz CT molecular complexity index is 730. The fraction of sp³-hybridized carbons (Fsp3) is 0.316. The van der Waals surface area contributed by atoms with Gasteiger partial charge in [-0.05, 0) is 47.7 Å². The molecule has 1 aliphatic carbocycles. The molecule has 2 aromatic carbocycles. The van der Waals surface area contributed by atoms with Crippen LogP contribution < -0.4 is 10.1 Å². The van der Waals surface area contributed by atoms with Crippen LogP contribution in [0.25, 0.3) is 0 Å². The number of benzene rings is 2. The molecule has 1 aliphatic rings. The first-order valence-corrected chi connectivity index (χ1v) is 8.35. The Kier molecular flexibility index (Phi) is 5.07. The summed E-state index contributed by atoms with van der Waals surface area (Å²) in [7, 11) is 1.66. The molecule has 24 heavy (non-hydrogen) atoms. The van der Waals surface area contributed by atoms with E-state index in [0.29, 0.717) is 10.6 Å². The van der Waals surface area contributed by atoms with E-state index in [0.717, 1.165) is 29.7 Å². The molecule has 0 saturated carbocycles. The standard InChI is InChI=1S/C19H20ClNO3/c1-24-18-4-2-3-14-15(18)9-10-16(14)21-19(23)11-17(22)12-5-7-13(20)8-6-12/h2-8,16-17,22H,9-11H2,1H3,(H,21,23). The number of ether oxygens (including phenoxy) is 1. The van der Waals surface area contributed by atoms with Gasteiger partial charge in [0.25, 0.3) is 0 Å². The summed E-state index contributed by atoms with van der Waals surface area (Å²) in [6.45, 7) is 0. The van der Waals surface area contributed by atoms with Gasteiger partial charge in [-0.25, -0.2) is 0 Å². The van der Waals surface area contributed by atoms with Crippen molar-refractivity contribution < 1.29 is 14.6 Å². The van der Waals surface area contributed by atoms with E-state index in [-0.39, 0.29) is 18.4 Å². The highest BCUT2D eigenvalue weighted by Crippen LogP contribution is 2.36. The van der Waals surface area contributed by atoms with Crippen molar-refractivity contribution in [1.29, 1.82) is 0 Å². The van der Waals surface area contributed by atoms with E-state index in [4.69, 9.17) is 16.3 Å². The minimum absolute atomic E-state index is 0.0252. The zero-order valence-corrected chi connectivity index (χ0v) is 14.2. The number of aliphatic hydroxyl groups is 1. The SMILES string of the molecule is COc1cccc2c1CCC2NC(=O)CC(O)c1ccc(Cl)cc1. The van der Waals surface area contributed by atoms with Crippen molar-refractivity contribution in [1.82, 2.24) is 5.32 Å². The van der Waals surface area contributed by atoms with E-state index in [1.54, 1.807) is 31.4 Å². The maximum atomic E-state index is 12.3. The molecule has 2 unspecified atom stereocenters. The van der Waals surface area contributed by atoms with Gasteiger partial charge in [0, 0.05) is 5.02 Å². The number of rotatable bonds is 5. The second-order valence-corrected chi connectivity index (χ2v) is 6.39. The summed E-state index contributed by atoms with van der Waals surface area (Å²) in [6, 6.07) is 12.7. The lowest BCUT2D eigenvalue weighted by Crippen LogP contribution is -2.28. The summed E-state index contributed by atoms with van der Waals surface area (Å²) in [5.74, 6) is 0.698. The van der Waals surface area contributed by atoms with Crippen molar-refractivity contribution in [3.05, 3.63) is 64.2 Å². The predicted octanol–water partition coefficient (Wildman–Crippen LogP) is 3.58. The van der Waals surface area contributed by atoms with Crippen molar-refractivity contribution >= 4 is 17.5 Å². The van der Waals surface area contributed by atoms with E-state index in [1.165, 1.54) is 0 Å². The average Bonchev–Trinajstić information content (AvgIpc) is 2.98. The number of carbonyl (C=O) groups excluding carboxylic acids is 1. The minimum atomic E-state index is -0.839. The largest absolute Gasteiger partial charge is 0.496 e. The van der Waals surface area contributed by atoms with E-state index >= 15 is 0 Å².